The van der Waals surface area contributed by atoms with Crippen molar-refractivity contribution in [3.8, 4) is 11.5 Å². The zero-order valence-electron chi connectivity index (χ0n) is 15.3. The van der Waals surface area contributed by atoms with Gasteiger partial charge in [-0.2, -0.15) is 0 Å². The number of primary amides is 1. The van der Waals surface area contributed by atoms with E-state index in [0.717, 1.165) is 43.0 Å². The summed E-state index contributed by atoms with van der Waals surface area (Å²) in [5.41, 5.74) is 6.41. The van der Waals surface area contributed by atoms with Crippen LogP contribution in [0.25, 0.3) is 0 Å². The van der Waals surface area contributed by atoms with Gasteiger partial charge in [-0.15, -0.1) is 0 Å². The van der Waals surface area contributed by atoms with Crippen molar-refractivity contribution >= 4 is 11.8 Å². The number of likely N-dealkylation sites (N-methyl/N-ethyl adjacent to an activating group) is 1. The van der Waals surface area contributed by atoms with Gasteiger partial charge < -0.3 is 25.0 Å². The smallest absolute Gasteiger partial charge is 0.278 e. The Morgan fingerprint density at radius 2 is 1.88 bits per heavy atom. The minimum Gasteiger partial charge on any atom is -0.486 e. The third kappa shape index (κ3) is 4.46. The van der Waals surface area contributed by atoms with E-state index in [9.17, 15) is 9.59 Å². The molecule has 26 heavy (non-hydrogen) atoms. The molecule has 1 fully saturated rings. The molecule has 1 saturated heterocycles. The summed E-state index contributed by atoms with van der Waals surface area (Å²) >= 11 is 0. The van der Waals surface area contributed by atoms with Gasteiger partial charge in [0.2, 0.25) is 5.91 Å². The molecular weight excluding hydrogens is 334 g/mol. The average molecular weight is 362 g/mol. The number of fused-ring (bicyclic) bond motifs is 1. The number of ether oxygens (including phenoxy) is 2. The van der Waals surface area contributed by atoms with Crippen LogP contribution in [-0.2, 0) is 16.1 Å². The zero-order chi connectivity index (χ0) is 18.5. The number of hydrogen-bond donors (Lipinski definition) is 2. The molecule has 1 aromatic rings. The van der Waals surface area contributed by atoms with Crippen LogP contribution in [0.2, 0.25) is 0 Å². The fraction of sp³-hybridized carbons (Fsp3) is 0.579. The molecule has 7 nitrogen and oxygen atoms in total. The van der Waals surface area contributed by atoms with Crippen molar-refractivity contribution in [2.24, 2.45) is 11.7 Å². The molecule has 0 spiro atoms. The quantitative estimate of drug-likeness (QED) is 0.720. The standard InChI is InChI=1S/C19H27N3O4/c1-2-22(12-14-3-4-16-17(11-14)26-10-9-25-16)18(23)13-21-7-5-15(6-8-21)19(20)24/h3-4,11,15H,2,5-10,12-13H2,1H3,(H2,20,24)/p+1. The Morgan fingerprint density at radius 3 is 2.54 bits per heavy atom. The van der Waals surface area contributed by atoms with E-state index in [2.05, 4.69) is 0 Å². The Morgan fingerprint density at radius 1 is 1.19 bits per heavy atom. The van der Waals surface area contributed by atoms with Crippen LogP contribution < -0.4 is 20.1 Å². The number of likely N-dealkylation sites (tertiary alicyclic amines) is 1. The lowest BCUT2D eigenvalue weighted by molar-refractivity contribution is -0.898. The lowest BCUT2D eigenvalue weighted by atomic mass is 9.96. The Kier molecular flexibility index (Phi) is 5.98. The number of carbonyl (C=O) groups is 2. The van der Waals surface area contributed by atoms with Crippen molar-refractivity contribution in [1.29, 1.82) is 0 Å². The van der Waals surface area contributed by atoms with Crippen molar-refractivity contribution in [3.63, 3.8) is 0 Å². The molecule has 3 rings (SSSR count). The van der Waals surface area contributed by atoms with Crippen LogP contribution >= 0.6 is 0 Å². The highest BCUT2D eigenvalue weighted by Gasteiger charge is 2.28. The Hall–Kier alpha value is -2.28. The number of quaternary nitrogens is 1. The number of rotatable bonds is 6. The maximum Gasteiger partial charge on any atom is 0.278 e. The molecule has 0 saturated carbocycles. The molecule has 0 aromatic heterocycles. The van der Waals surface area contributed by atoms with E-state index in [4.69, 9.17) is 15.2 Å². The Labute approximate surface area is 154 Å². The minimum atomic E-state index is -0.218. The summed E-state index contributed by atoms with van der Waals surface area (Å²) in [7, 11) is 0. The van der Waals surface area contributed by atoms with E-state index in [1.165, 1.54) is 4.90 Å². The van der Waals surface area contributed by atoms with Crippen molar-refractivity contribution in [2.45, 2.75) is 26.3 Å². The molecule has 0 aliphatic carbocycles. The van der Waals surface area contributed by atoms with E-state index < -0.39 is 0 Å². The van der Waals surface area contributed by atoms with Crippen LogP contribution in [0.4, 0.5) is 0 Å². The van der Waals surface area contributed by atoms with Gasteiger partial charge in [-0.25, -0.2) is 0 Å². The lowest BCUT2D eigenvalue weighted by Crippen LogP contribution is -3.14. The minimum absolute atomic E-state index is 0.0335. The molecule has 7 heteroatoms. The van der Waals surface area contributed by atoms with E-state index in [0.29, 0.717) is 32.8 Å². The first-order valence-corrected chi connectivity index (χ1v) is 9.36. The van der Waals surface area contributed by atoms with Gasteiger partial charge in [0.15, 0.2) is 18.0 Å². The van der Waals surface area contributed by atoms with Crippen LogP contribution in [0.3, 0.4) is 0 Å². The summed E-state index contributed by atoms with van der Waals surface area (Å²) in [5.74, 6) is 1.39. The Balaban J connectivity index is 1.55. The van der Waals surface area contributed by atoms with E-state index in [-0.39, 0.29) is 17.7 Å². The molecule has 0 atom stereocenters. The predicted molar refractivity (Wildman–Crippen MR) is 96.0 cm³/mol. The summed E-state index contributed by atoms with van der Waals surface area (Å²) in [4.78, 5) is 27.1. The number of hydrogen-bond acceptors (Lipinski definition) is 4. The molecule has 2 amide bonds. The van der Waals surface area contributed by atoms with Crippen molar-refractivity contribution in [2.75, 3.05) is 39.4 Å². The second kappa shape index (κ2) is 8.40. The summed E-state index contributed by atoms with van der Waals surface area (Å²) in [6.45, 7) is 6.43. The normalized spacial score (nSPS) is 21.9. The third-order valence-corrected chi connectivity index (χ3v) is 5.21. The third-order valence-electron chi connectivity index (χ3n) is 5.21. The summed E-state index contributed by atoms with van der Waals surface area (Å²) in [6.07, 6.45) is 1.54. The molecule has 0 unspecified atom stereocenters. The molecule has 2 heterocycles. The average Bonchev–Trinajstić information content (AvgIpc) is 2.66. The monoisotopic (exact) mass is 362 g/mol. The van der Waals surface area contributed by atoms with Gasteiger partial charge >= 0.3 is 0 Å². The number of amides is 2. The number of piperidine rings is 1. The first-order chi connectivity index (χ1) is 12.6. The van der Waals surface area contributed by atoms with Crippen LogP contribution in [0, 0.1) is 5.92 Å². The SMILES string of the molecule is CCN(Cc1ccc2c(c1)OCCO2)C(=O)C[NH+]1CCC(C(N)=O)CC1. The zero-order valence-corrected chi connectivity index (χ0v) is 15.3. The summed E-state index contributed by atoms with van der Waals surface area (Å²) in [5, 5.41) is 0. The second-order valence-corrected chi connectivity index (χ2v) is 6.99. The molecule has 0 radical (unpaired) electrons. The molecule has 2 aliphatic heterocycles. The van der Waals surface area contributed by atoms with E-state index in [1.54, 1.807) is 0 Å². The maximum atomic E-state index is 12.7. The molecule has 3 N–H and O–H groups in total. The molecule has 2 aliphatic rings. The van der Waals surface area contributed by atoms with Gasteiger partial charge in [-0.3, -0.25) is 9.59 Å². The molecule has 142 valence electrons. The highest BCUT2D eigenvalue weighted by atomic mass is 16.6. The van der Waals surface area contributed by atoms with Crippen LogP contribution in [0.15, 0.2) is 18.2 Å². The molecule has 1 aromatic carbocycles. The van der Waals surface area contributed by atoms with Gasteiger partial charge in [0.05, 0.1) is 13.1 Å². The highest BCUT2D eigenvalue weighted by Crippen LogP contribution is 2.31. The number of carbonyl (C=O) groups excluding carboxylic acids is 2. The fourth-order valence-electron chi connectivity index (χ4n) is 3.60. The first-order valence-electron chi connectivity index (χ1n) is 9.36. The van der Waals surface area contributed by atoms with Crippen molar-refractivity contribution in [3.05, 3.63) is 23.8 Å². The predicted octanol–water partition coefficient (Wildman–Crippen LogP) is -0.413. The molecular formula is C19H28N3O4+. The van der Waals surface area contributed by atoms with Crippen molar-refractivity contribution < 1.29 is 24.0 Å². The van der Waals surface area contributed by atoms with Gasteiger partial charge in [0, 0.05) is 31.8 Å². The van der Waals surface area contributed by atoms with Crippen molar-refractivity contribution in [1.82, 2.24) is 4.90 Å². The number of nitrogens with two attached hydrogens (primary N) is 1. The summed E-state index contributed by atoms with van der Waals surface area (Å²) < 4.78 is 11.2. The van der Waals surface area contributed by atoms with Crippen LogP contribution in [0.5, 0.6) is 11.5 Å². The fourth-order valence-corrected chi connectivity index (χ4v) is 3.60. The topological polar surface area (TPSA) is 86.3 Å². The molecule has 0 bridgehead atoms. The maximum absolute atomic E-state index is 12.7. The van der Waals surface area contributed by atoms with Gasteiger partial charge in [-0.05, 0) is 24.6 Å². The Bertz CT molecular complexity index is 656. The van der Waals surface area contributed by atoms with Gasteiger partial charge in [-0.1, -0.05) is 6.07 Å². The van der Waals surface area contributed by atoms with E-state index >= 15 is 0 Å². The number of benzene rings is 1. The first kappa shape index (κ1) is 18.5. The van der Waals surface area contributed by atoms with Crippen LogP contribution in [0.1, 0.15) is 25.3 Å². The number of nitrogens with one attached hydrogen (secondary N) is 1. The number of nitrogens with zero attached hydrogens (tertiary/aromatic N) is 1. The van der Waals surface area contributed by atoms with Crippen LogP contribution in [-0.4, -0.2) is 56.1 Å². The highest BCUT2D eigenvalue weighted by molar-refractivity contribution is 5.77. The van der Waals surface area contributed by atoms with Gasteiger partial charge in [0.1, 0.15) is 13.2 Å². The van der Waals surface area contributed by atoms with Gasteiger partial charge in [0.25, 0.3) is 5.91 Å². The largest absolute Gasteiger partial charge is 0.486 e. The second-order valence-electron chi connectivity index (χ2n) is 6.99. The lowest BCUT2D eigenvalue weighted by Gasteiger charge is -2.29. The van der Waals surface area contributed by atoms with E-state index in [1.807, 2.05) is 30.0 Å². The summed E-state index contributed by atoms with van der Waals surface area (Å²) in [6, 6.07) is 5.84.